The highest BCUT2D eigenvalue weighted by Gasteiger charge is 2.17. The van der Waals surface area contributed by atoms with Crippen molar-refractivity contribution in [1.29, 1.82) is 0 Å². The highest BCUT2D eigenvalue weighted by molar-refractivity contribution is 5.85. The minimum Gasteiger partial charge on any atom is -0.492 e. The SMILES string of the molecule is CCCCCCCCCCCCCCCNC(C)(C)COc1ccccc1.Cl. The first-order valence-electron chi connectivity index (χ1n) is 11.6. The van der Waals surface area contributed by atoms with E-state index in [4.69, 9.17) is 4.74 Å². The number of unbranched alkanes of at least 4 members (excludes halogenated alkanes) is 12. The first-order valence-corrected chi connectivity index (χ1v) is 11.6. The predicted molar refractivity (Wildman–Crippen MR) is 127 cm³/mol. The van der Waals surface area contributed by atoms with Crippen molar-refractivity contribution in [2.45, 2.75) is 110 Å². The van der Waals surface area contributed by atoms with E-state index in [2.05, 4.69) is 26.1 Å². The van der Waals surface area contributed by atoms with Gasteiger partial charge < -0.3 is 10.1 Å². The molecule has 0 unspecified atom stereocenters. The summed E-state index contributed by atoms with van der Waals surface area (Å²) in [4.78, 5) is 0. The maximum Gasteiger partial charge on any atom is 0.119 e. The lowest BCUT2D eigenvalue weighted by atomic mass is 10.0. The van der Waals surface area contributed by atoms with Crippen LogP contribution in [0.2, 0.25) is 0 Å². The number of benzene rings is 1. The van der Waals surface area contributed by atoms with E-state index >= 15 is 0 Å². The number of halogens is 1. The van der Waals surface area contributed by atoms with Gasteiger partial charge in [-0.2, -0.15) is 0 Å². The van der Waals surface area contributed by atoms with Gasteiger partial charge in [0.2, 0.25) is 0 Å². The van der Waals surface area contributed by atoms with Crippen molar-refractivity contribution in [3.8, 4) is 5.75 Å². The largest absolute Gasteiger partial charge is 0.492 e. The quantitative estimate of drug-likeness (QED) is 0.247. The topological polar surface area (TPSA) is 21.3 Å². The Morgan fingerprint density at radius 1 is 0.714 bits per heavy atom. The normalized spacial score (nSPS) is 11.2. The molecule has 164 valence electrons. The fourth-order valence-corrected chi connectivity index (χ4v) is 3.40. The molecule has 0 aliphatic rings. The van der Waals surface area contributed by atoms with E-state index in [1.54, 1.807) is 0 Å². The third kappa shape index (κ3) is 16.2. The van der Waals surface area contributed by atoms with Crippen molar-refractivity contribution >= 4 is 12.4 Å². The average molecular weight is 412 g/mol. The molecule has 0 aliphatic carbocycles. The highest BCUT2D eigenvalue weighted by atomic mass is 35.5. The molecule has 3 heteroatoms. The van der Waals surface area contributed by atoms with E-state index < -0.39 is 0 Å². The average Bonchev–Trinajstić information content (AvgIpc) is 2.67. The molecular weight excluding hydrogens is 366 g/mol. The van der Waals surface area contributed by atoms with Gasteiger partial charge in [0.1, 0.15) is 12.4 Å². The molecule has 0 heterocycles. The van der Waals surface area contributed by atoms with E-state index in [1.807, 2.05) is 30.3 Å². The molecule has 1 aromatic rings. The number of rotatable bonds is 18. The summed E-state index contributed by atoms with van der Waals surface area (Å²) in [5.74, 6) is 0.952. The molecule has 0 aliphatic heterocycles. The van der Waals surface area contributed by atoms with Crippen molar-refractivity contribution in [3.63, 3.8) is 0 Å². The van der Waals surface area contributed by atoms with Crippen molar-refractivity contribution in [2.75, 3.05) is 13.2 Å². The molecule has 0 spiro atoms. The number of para-hydroxylation sites is 1. The summed E-state index contributed by atoms with van der Waals surface area (Å²) in [5, 5.41) is 3.64. The molecule has 1 aromatic carbocycles. The Kier molecular flexibility index (Phi) is 17.8. The molecule has 0 amide bonds. The number of nitrogens with one attached hydrogen (secondary N) is 1. The second-order valence-electron chi connectivity index (χ2n) is 8.66. The minimum absolute atomic E-state index is 0. The molecule has 0 bridgehead atoms. The van der Waals surface area contributed by atoms with Gasteiger partial charge in [-0.05, 0) is 38.9 Å². The Balaban J connectivity index is 0.00000729. The van der Waals surface area contributed by atoms with Crippen LogP contribution in [-0.4, -0.2) is 18.7 Å². The van der Waals surface area contributed by atoms with Gasteiger partial charge in [-0.15, -0.1) is 12.4 Å². The monoisotopic (exact) mass is 411 g/mol. The van der Waals surface area contributed by atoms with Gasteiger partial charge in [-0.25, -0.2) is 0 Å². The summed E-state index contributed by atoms with van der Waals surface area (Å²) in [6.07, 6.45) is 18.3. The molecule has 28 heavy (non-hydrogen) atoms. The lowest BCUT2D eigenvalue weighted by Gasteiger charge is -2.26. The molecule has 1 rings (SSSR count). The van der Waals surface area contributed by atoms with Crippen LogP contribution in [-0.2, 0) is 0 Å². The lowest BCUT2D eigenvalue weighted by molar-refractivity contribution is 0.208. The van der Waals surface area contributed by atoms with Crippen molar-refractivity contribution in [3.05, 3.63) is 30.3 Å². The lowest BCUT2D eigenvalue weighted by Crippen LogP contribution is -2.45. The predicted octanol–water partition coefficient (Wildman–Crippen LogP) is 7.95. The minimum atomic E-state index is 0. The van der Waals surface area contributed by atoms with Crippen LogP contribution in [0.25, 0.3) is 0 Å². The van der Waals surface area contributed by atoms with Crippen molar-refractivity contribution in [2.24, 2.45) is 0 Å². The number of hydrogen-bond donors (Lipinski definition) is 1. The van der Waals surface area contributed by atoms with Crippen LogP contribution in [0.1, 0.15) is 104 Å². The second-order valence-corrected chi connectivity index (χ2v) is 8.66. The van der Waals surface area contributed by atoms with Gasteiger partial charge in [0, 0.05) is 5.54 Å². The third-order valence-electron chi connectivity index (χ3n) is 5.23. The van der Waals surface area contributed by atoms with Crippen LogP contribution < -0.4 is 10.1 Å². The molecule has 0 saturated heterocycles. The van der Waals surface area contributed by atoms with Crippen LogP contribution in [0.5, 0.6) is 5.75 Å². The van der Waals surface area contributed by atoms with Gasteiger partial charge in [0.05, 0.1) is 0 Å². The Hall–Kier alpha value is -0.730. The standard InChI is InChI=1S/C25H45NO.ClH/c1-4-5-6-7-8-9-10-11-12-13-14-15-19-22-26-25(2,3)23-27-24-20-17-16-18-21-24;/h16-18,20-21,26H,4-15,19,22-23H2,1-3H3;1H. The molecule has 0 fully saturated rings. The summed E-state index contributed by atoms with van der Waals surface area (Å²) in [6, 6.07) is 10.1. The molecular formula is C25H46ClNO. The molecule has 1 N–H and O–H groups in total. The van der Waals surface area contributed by atoms with Gasteiger partial charge in [0.15, 0.2) is 0 Å². The smallest absolute Gasteiger partial charge is 0.119 e. The van der Waals surface area contributed by atoms with E-state index in [0.29, 0.717) is 6.61 Å². The Morgan fingerprint density at radius 3 is 1.68 bits per heavy atom. The first kappa shape index (κ1) is 27.3. The van der Waals surface area contributed by atoms with E-state index in [-0.39, 0.29) is 17.9 Å². The zero-order valence-corrected chi connectivity index (χ0v) is 19.6. The zero-order chi connectivity index (χ0) is 19.6. The molecule has 0 atom stereocenters. The number of hydrogen-bond acceptors (Lipinski definition) is 2. The molecule has 2 nitrogen and oxygen atoms in total. The number of ether oxygens (including phenoxy) is 1. The second kappa shape index (κ2) is 18.3. The van der Waals surface area contributed by atoms with Crippen LogP contribution in [0.15, 0.2) is 30.3 Å². The van der Waals surface area contributed by atoms with E-state index in [9.17, 15) is 0 Å². The summed E-state index contributed by atoms with van der Waals surface area (Å²) < 4.78 is 5.88. The van der Waals surface area contributed by atoms with Crippen LogP contribution in [0.4, 0.5) is 0 Å². The third-order valence-corrected chi connectivity index (χ3v) is 5.23. The maximum atomic E-state index is 5.88. The zero-order valence-electron chi connectivity index (χ0n) is 18.8. The fraction of sp³-hybridized carbons (Fsp3) is 0.760. The Morgan fingerprint density at radius 2 is 1.18 bits per heavy atom. The molecule has 0 saturated carbocycles. The van der Waals surface area contributed by atoms with Crippen molar-refractivity contribution < 1.29 is 4.74 Å². The van der Waals surface area contributed by atoms with Crippen LogP contribution >= 0.6 is 12.4 Å². The highest BCUT2D eigenvalue weighted by Crippen LogP contribution is 2.14. The van der Waals surface area contributed by atoms with Gasteiger partial charge in [-0.1, -0.05) is 102 Å². The summed E-state index contributed by atoms with van der Waals surface area (Å²) in [5.41, 5.74) is 0.0208. The van der Waals surface area contributed by atoms with E-state index in [0.717, 1.165) is 12.3 Å². The Bertz CT molecular complexity index is 435. The summed E-state index contributed by atoms with van der Waals surface area (Å²) in [6.45, 7) is 8.52. The fourth-order valence-electron chi connectivity index (χ4n) is 3.40. The maximum absolute atomic E-state index is 5.88. The van der Waals surface area contributed by atoms with Crippen LogP contribution in [0.3, 0.4) is 0 Å². The Labute approximate surface area is 181 Å². The van der Waals surface area contributed by atoms with Crippen molar-refractivity contribution in [1.82, 2.24) is 5.32 Å². The summed E-state index contributed by atoms with van der Waals surface area (Å²) in [7, 11) is 0. The first-order chi connectivity index (χ1) is 13.1. The van der Waals surface area contributed by atoms with Crippen LogP contribution in [0, 0.1) is 0 Å². The molecule has 0 aromatic heterocycles. The molecule has 0 radical (unpaired) electrons. The van der Waals surface area contributed by atoms with Gasteiger partial charge in [-0.3, -0.25) is 0 Å². The van der Waals surface area contributed by atoms with E-state index in [1.165, 1.54) is 83.5 Å². The van der Waals surface area contributed by atoms with Gasteiger partial charge in [0.25, 0.3) is 0 Å². The summed E-state index contributed by atoms with van der Waals surface area (Å²) >= 11 is 0. The van der Waals surface area contributed by atoms with Gasteiger partial charge >= 0.3 is 0 Å².